The number of amides is 2. The van der Waals surface area contributed by atoms with Crippen LogP contribution in [0.5, 0.6) is 0 Å². The van der Waals surface area contributed by atoms with Gasteiger partial charge in [-0.3, -0.25) is 9.59 Å². The molecular formula is C25H34N4O3. The van der Waals surface area contributed by atoms with E-state index in [1.165, 1.54) is 5.56 Å². The minimum Gasteiger partial charge on any atom is -0.379 e. The highest BCUT2D eigenvalue weighted by Gasteiger charge is 2.47. The van der Waals surface area contributed by atoms with E-state index in [-0.39, 0.29) is 29.3 Å². The van der Waals surface area contributed by atoms with Gasteiger partial charge in [0.15, 0.2) is 5.69 Å². The topological polar surface area (TPSA) is 85.3 Å². The van der Waals surface area contributed by atoms with Gasteiger partial charge in [-0.1, -0.05) is 31.5 Å². The molecular weight excluding hydrogens is 404 g/mol. The summed E-state index contributed by atoms with van der Waals surface area (Å²) in [5.41, 5.74) is 3.06. The number of aryl methyl sites for hydroxylation is 2. The molecule has 0 radical (unpaired) electrons. The summed E-state index contributed by atoms with van der Waals surface area (Å²) < 4.78 is 7.16. The summed E-state index contributed by atoms with van der Waals surface area (Å²) in [5.74, 6) is 0.380. The molecule has 1 aliphatic heterocycles. The molecule has 1 aromatic heterocycles. The predicted molar refractivity (Wildman–Crippen MR) is 123 cm³/mol. The first-order chi connectivity index (χ1) is 15.3. The Kier molecular flexibility index (Phi) is 6.38. The third kappa shape index (κ3) is 4.72. The van der Waals surface area contributed by atoms with Gasteiger partial charge in [0.2, 0.25) is 5.91 Å². The van der Waals surface area contributed by atoms with Crippen LogP contribution in [0.2, 0.25) is 0 Å². The van der Waals surface area contributed by atoms with Crippen LogP contribution in [-0.2, 0) is 9.53 Å². The second-order valence-corrected chi connectivity index (χ2v) is 9.94. The van der Waals surface area contributed by atoms with E-state index in [4.69, 9.17) is 4.74 Å². The van der Waals surface area contributed by atoms with Crippen molar-refractivity contribution < 1.29 is 14.3 Å². The molecule has 7 nitrogen and oxygen atoms in total. The van der Waals surface area contributed by atoms with Crippen molar-refractivity contribution in [1.29, 1.82) is 0 Å². The van der Waals surface area contributed by atoms with Gasteiger partial charge in [0, 0.05) is 17.8 Å². The zero-order valence-electron chi connectivity index (χ0n) is 19.5. The molecule has 2 atom stereocenters. The number of benzene rings is 1. The van der Waals surface area contributed by atoms with Gasteiger partial charge in [0.25, 0.3) is 5.91 Å². The van der Waals surface area contributed by atoms with E-state index in [2.05, 4.69) is 29.6 Å². The monoisotopic (exact) mass is 438 g/mol. The van der Waals surface area contributed by atoms with Crippen LogP contribution in [0.4, 0.5) is 0 Å². The molecule has 2 heterocycles. The molecule has 0 unspecified atom stereocenters. The average molecular weight is 439 g/mol. The number of carbonyl (C=O) groups excluding carboxylic acids is 2. The molecule has 2 fully saturated rings. The summed E-state index contributed by atoms with van der Waals surface area (Å²) in [4.78, 5) is 25.7. The van der Waals surface area contributed by atoms with Gasteiger partial charge >= 0.3 is 0 Å². The number of aromatic nitrogens is 2. The van der Waals surface area contributed by atoms with E-state index < -0.39 is 0 Å². The van der Waals surface area contributed by atoms with Crippen LogP contribution < -0.4 is 10.6 Å². The molecule has 2 N–H and O–H groups in total. The maximum absolute atomic E-state index is 12.9. The van der Waals surface area contributed by atoms with Crippen molar-refractivity contribution >= 4 is 11.8 Å². The predicted octanol–water partition coefficient (Wildman–Crippen LogP) is 3.32. The Morgan fingerprint density at radius 1 is 1.12 bits per heavy atom. The van der Waals surface area contributed by atoms with Crippen LogP contribution in [0.25, 0.3) is 5.69 Å². The first-order valence-electron chi connectivity index (χ1n) is 11.6. The van der Waals surface area contributed by atoms with E-state index >= 15 is 0 Å². The molecule has 1 saturated heterocycles. The van der Waals surface area contributed by atoms with Crippen LogP contribution in [0.3, 0.4) is 0 Å². The molecule has 1 aromatic carbocycles. The number of nitrogens with zero attached hydrogens (tertiary/aromatic N) is 2. The molecule has 172 valence electrons. The van der Waals surface area contributed by atoms with Gasteiger partial charge in [0.1, 0.15) is 0 Å². The Balaban J connectivity index is 1.33. The molecule has 0 bridgehead atoms. The first-order valence-corrected chi connectivity index (χ1v) is 11.6. The van der Waals surface area contributed by atoms with E-state index in [0.717, 1.165) is 37.1 Å². The molecule has 2 aliphatic rings. The molecule has 4 rings (SSSR count). The van der Waals surface area contributed by atoms with E-state index in [1.54, 1.807) is 4.68 Å². The van der Waals surface area contributed by atoms with E-state index in [1.807, 2.05) is 44.2 Å². The minimum absolute atomic E-state index is 0.0383. The summed E-state index contributed by atoms with van der Waals surface area (Å²) in [5, 5.41) is 10.8. The van der Waals surface area contributed by atoms with Gasteiger partial charge < -0.3 is 15.4 Å². The lowest BCUT2D eigenvalue weighted by molar-refractivity contribution is -0.165. The minimum atomic E-state index is -0.379. The maximum Gasteiger partial charge on any atom is 0.272 e. The summed E-state index contributed by atoms with van der Waals surface area (Å²) >= 11 is 0. The molecule has 7 heteroatoms. The Labute approximate surface area is 189 Å². The maximum atomic E-state index is 12.9. The van der Waals surface area contributed by atoms with Gasteiger partial charge in [0.05, 0.1) is 24.3 Å². The second-order valence-electron chi connectivity index (χ2n) is 9.94. The number of carbonyl (C=O) groups is 2. The van der Waals surface area contributed by atoms with Gasteiger partial charge in [-0.05, 0) is 63.6 Å². The first kappa shape index (κ1) is 22.5. The molecule has 0 spiro atoms. The lowest BCUT2D eigenvalue weighted by Crippen LogP contribution is -2.56. The molecule has 1 saturated carbocycles. The Bertz CT molecular complexity index is 976. The zero-order chi connectivity index (χ0) is 22.9. The second kappa shape index (κ2) is 9.06. The SMILES string of the molecule is Cc1ccc(-n2nc(C(=O)N[C@H]3CC[C@@H](NC(=O)C4(CC(C)C)COC4)C3)cc2C)cc1. The molecule has 2 aromatic rings. The Morgan fingerprint density at radius 2 is 1.78 bits per heavy atom. The fourth-order valence-corrected chi connectivity index (χ4v) is 4.85. The average Bonchev–Trinajstić information content (AvgIpc) is 3.31. The highest BCUT2D eigenvalue weighted by atomic mass is 16.5. The van der Waals surface area contributed by atoms with Gasteiger partial charge in [-0.2, -0.15) is 5.10 Å². The van der Waals surface area contributed by atoms with Crippen molar-refractivity contribution in [3.8, 4) is 5.69 Å². The lowest BCUT2D eigenvalue weighted by Gasteiger charge is -2.41. The van der Waals surface area contributed by atoms with Gasteiger partial charge in [-0.25, -0.2) is 4.68 Å². The van der Waals surface area contributed by atoms with Crippen LogP contribution >= 0.6 is 0 Å². The summed E-state index contributed by atoms with van der Waals surface area (Å²) in [6.45, 7) is 9.27. The normalized spacial score (nSPS) is 21.9. The lowest BCUT2D eigenvalue weighted by atomic mass is 9.77. The largest absolute Gasteiger partial charge is 0.379 e. The number of hydrogen-bond acceptors (Lipinski definition) is 4. The van der Waals surface area contributed by atoms with Crippen molar-refractivity contribution in [2.45, 2.75) is 65.5 Å². The number of ether oxygens (including phenoxy) is 1. The van der Waals surface area contributed by atoms with Crippen LogP contribution in [0.15, 0.2) is 30.3 Å². The molecule has 1 aliphatic carbocycles. The van der Waals surface area contributed by atoms with Crippen molar-refractivity contribution in [3.05, 3.63) is 47.3 Å². The third-order valence-electron chi connectivity index (χ3n) is 6.54. The Morgan fingerprint density at radius 3 is 2.38 bits per heavy atom. The number of nitrogens with one attached hydrogen (secondary N) is 2. The van der Waals surface area contributed by atoms with Crippen LogP contribution in [-0.4, -0.2) is 46.9 Å². The van der Waals surface area contributed by atoms with E-state index in [9.17, 15) is 9.59 Å². The van der Waals surface area contributed by atoms with Crippen molar-refractivity contribution in [2.75, 3.05) is 13.2 Å². The van der Waals surface area contributed by atoms with E-state index in [0.29, 0.717) is 24.8 Å². The molecule has 2 amide bonds. The van der Waals surface area contributed by atoms with Crippen molar-refractivity contribution in [3.63, 3.8) is 0 Å². The zero-order valence-corrected chi connectivity index (χ0v) is 19.5. The quantitative estimate of drug-likeness (QED) is 0.695. The highest BCUT2D eigenvalue weighted by Crippen LogP contribution is 2.35. The summed E-state index contributed by atoms with van der Waals surface area (Å²) in [6.07, 6.45) is 3.30. The fourth-order valence-electron chi connectivity index (χ4n) is 4.85. The third-order valence-corrected chi connectivity index (χ3v) is 6.54. The van der Waals surface area contributed by atoms with Crippen molar-refractivity contribution in [2.24, 2.45) is 11.3 Å². The summed E-state index contributed by atoms with van der Waals surface area (Å²) in [7, 11) is 0. The smallest absolute Gasteiger partial charge is 0.272 e. The van der Waals surface area contributed by atoms with Gasteiger partial charge in [-0.15, -0.1) is 0 Å². The van der Waals surface area contributed by atoms with Crippen LogP contribution in [0.1, 0.15) is 61.3 Å². The highest BCUT2D eigenvalue weighted by molar-refractivity contribution is 5.92. The van der Waals surface area contributed by atoms with Crippen LogP contribution in [0, 0.1) is 25.2 Å². The summed E-state index contributed by atoms with van der Waals surface area (Å²) in [6, 6.07) is 10.0. The fraction of sp³-hybridized carbons (Fsp3) is 0.560. The number of hydrogen-bond donors (Lipinski definition) is 2. The standard InChI is InChI=1S/C25H34N4O3/c1-16(2)13-25(14-32-15-25)24(31)27-20-8-7-19(12-20)26-23(30)22-11-18(4)29(28-22)21-9-5-17(3)6-10-21/h5-6,9-11,16,19-20H,7-8,12-15H2,1-4H3,(H,26,30)(H,27,31)/t19-,20+/m0/s1. The number of rotatable bonds is 7. The Hall–Kier alpha value is -2.67. The molecule has 32 heavy (non-hydrogen) atoms. The van der Waals surface area contributed by atoms with Crippen molar-refractivity contribution in [1.82, 2.24) is 20.4 Å².